The van der Waals surface area contributed by atoms with Gasteiger partial charge >= 0.3 is 0 Å². The summed E-state index contributed by atoms with van der Waals surface area (Å²) in [5, 5.41) is 3.03. The number of sulfonamides is 1. The van der Waals surface area contributed by atoms with E-state index in [9.17, 15) is 13.2 Å². The quantitative estimate of drug-likeness (QED) is 0.811. The zero-order valence-corrected chi connectivity index (χ0v) is 16.0. The molecule has 0 unspecified atom stereocenters. The van der Waals surface area contributed by atoms with E-state index in [1.54, 1.807) is 31.2 Å². The molecule has 2 rings (SSSR count). The normalized spacial score (nSPS) is 17.8. The predicted molar refractivity (Wildman–Crippen MR) is 98.4 cm³/mol. The number of anilines is 1. The first kappa shape index (κ1) is 19.5. The van der Waals surface area contributed by atoms with Crippen molar-refractivity contribution in [2.45, 2.75) is 31.9 Å². The summed E-state index contributed by atoms with van der Waals surface area (Å²) in [6, 6.07) is 6.82. The van der Waals surface area contributed by atoms with Crippen LogP contribution in [0, 0.1) is 0 Å². The summed E-state index contributed by atoms with van der Waals surface area (Å²) in [7, 11) is 0.266. The number of nitrogens with zero attached hydrogens (tertiary/aromatic N) is 2. The lowest BCUT2D eigenvalue weighted by molar-refractivity contribution is -0.128. The Morgan fingerprint density at radius 1 is 1.28 bits per heavy atom. The van der Waals surface area contributed by atoms with Gasteiger partial charge in [-0.1, -0.05) is 0 Å². The van der Waals surface area contributed by atoms with Gasteiger partial charge in [0.15, 0.2) is 6.10 Å². The van der Waals surface area contributed by atoms with E-state index in [1.807, 2.05) is 0 Å². The molecule has 8 heteroatoms. The SMILES string of the molecule is C[C@H](Oc1ccc(N(C)S(C)(=O)=O)cc1)C(=O)NC1CCN(C)CC1. The number of rotatable bonds is 6. The van der Waals surface area contributed by atoms with Crippen LogP contribution in [0.5, 0.6) is 5.75 Å². The highest BCUT2D eigenvalue weighted by molar-refractivity contribution is 7.92. The Balaban J connectivity index is 1.89. The molecule has 140 valence electrons. The molecule has 1 saturated heterocycles. The number of hydrogen-bond donors (Lipinski definition) is 1. The van der Waals surface area contributed by atoms with E-state index < -0.39 is 16.1 Å². The molecule has 1 aromatic rings. The van der Waals surface area contributed by atoms with Crippen LogP contribution in [0.1, 0.15) is 19.8 Å². The largest absolute Gasteiger partial charge is 0.481 e. The Morgan fingerprint density at radius 2 is 1.84 bits per heavy atom. The zero-order chi connectivity index (χ0) is 18.6. The molecule has 25 heavy (non-hydrogen) atoms. The summed E-state index contributed by atoms with van der Waals surface area (Å²) < 4.78 is 29.9. The van der Waals surface area contributed by atoms with E-state index >= 15 is 0 Å². The van der Waals surface area contributed by atoms with E-state index in [-0.39, 0.29) is 11.9 Å². The van der Waals surface area contributed by atoms with Crippen LogP contribution in [0.15, 0.2) is 24.3 Å². The third kappa shape index (κ3) is 5.61. The average Bonchev–Trinajstić information content (AvgIpc) is 2.56. The summed E-state index contributed by atoms with van der Waals surface area (Å²) in [5.41, 5.74) is 0.540. The molecule has 1 amide bonds. The maximum atomic E-state index is 12.3. The molecular formula is C17H27N3O4S. The Labute approximate surface area is 150 Å². The maximum absolute atomic E-state index is 12.3. The second kappa shape index (κ2) is 8.05. The van der Waals surface area contributed by atoms with Gasteiger partial charge in [0.1, 0.15) is 5.75 Å². The van der Waals surface area contributed by atoms with Gasteiger partial charge in [-0.3, -0.25) is 9.10 Å². The Hall–Kier alpha value is -1.80. The Kier molecular flexibility index (Phi) is 6.29. The molecule has 1 heterocycles. The van der Waals surface area contributed by atoms with Gasteiger partial charge in [-0.05, 0) is 64.2 Å². The van der Waals surface area contributed by atoms with Gasteiger partial charge in [-0.25, -0.2) is 8.42 Å². The maximum Gasteiger partial charge on any atom is 0.260 e. The highest BCUT2D eigenvalue weighted by atomic mass is 32.2. The Bertz CT molecular complexity index is 682. The molecule has 7 nitrogen and oxygen atoms in total. The zero-order valence-electron chi connectivity index (χ0n) is 15.2. The third-order valence-electron chi connectivity index (χ3n) is 4.44. The number of hydrogen-bond acceptors (Lipinski definition) is 5. The van der Waals surface area contributed by atoms with Crippen LogP contribution in [-0.4, -0.2) is 64.8 Å². The van der Waals surface area contributed by atoms with Gasteiger partial charge in [-0.15, -0.1) is 0 Å². The lowest BCUT2D eigenvalue weighted by Gasteiger charge is -2.30. The molecule has 1 fully saturated rings. The minimum atomic E-state index is -3.30. The van der Waals surface area contributed by atoms with E-state index in [0.717, 1.165) is 32.2 Å². The minimum absolute atomic E-state index is 0.133. The molecule has 0 radical (unpaired) electrons. The first-order valence-electron chi connectivity index (χ1n) is 8.36. The standard InChI is InChI=1S/C17H27N3O4S/c1-13(17(21)18-14-9-11-19(2)12-10-14)24-16-7-5-15(6-8-16)20(3)25(4,22)23/h5-8,13-14H,9-12H2,1-4H3,(H,18,21)/t13-/m0/s1. The second-order valence-corrected chi connectivity index (χ2v) is 8.58. The molecule has 0 bridgehead atoms. The molecule has 0 aliphatic carbocycles. The van der Waals surface area contributed by atoms with E-state index in [2.05, 4.69) is 17.3 Å². The van der Waals surface area contributed by atoms with E-state index in [1.165, 1.54) is 11.4 Å². The van der Waals surface area contributed by atoms with Crippen molar-refractivity contribution in [2.75, 3.05) is 37.7 Å². The number of carbonyl (C=O) groups is 1. The topological polar surface area (TPSA) is 78.9 Å². The first-order valence-corrected chi connectivity index (χ1v) is 10.2. The van der Waals surface area contributed by atoms with Crippen LogP contribution in [0.4, 0.5) is 5.69 Å². The highest BCUT2D eigenvalue weighted by Gasteiger charge is 2.22. The van der Waals surface area contributed by atoms with Gasteiger partial charge in [0.2, 0.25) is 10.0 Å². The predicted octanol–water partition coefficient (Wildman–Crippen LogP) is 1.06. The summed E-state index contributed by atoms with van der Waals surface area (Å²) in [5.74, 6) is 0.392. The molecule has 1 aliphatic heterocycles. The fraction of sp³-hybridized carbons (Fsp3) is 0.588. The number of likely N-dealkylation sites (tertiary alicyclic amines) is 1. The number of nitrogens with one attached hydrogen (secondary N) is 1. The van der Waals surface area contributed by atoms with Crippen molar-refractivity contribution in [3.8, 4) is 5.75 Å². The van der Waals surface area contributed by atoms with Gasteiger partial charge in [0.25, 0.3) is 5.91 Å². The molecule has 0 saturated carbocycles. The first-order chi connectivity index (χ1) is 11.7. The minimum Gasteiger partial charge on any atom is -0.481 e. The summed E-state index contributed by atoms with van der Waals surface area (Å²) in [6.07, 6.45) is 2.42. The smallest absolute Gasteiger partial charge is 0.260 e. The summed E-state index contributed by atoms with van der Waals surface area (Å²) in [6.45, 7) is 3.67. The number of carbonyl (C=O) groups excluding carboxylic acids is 1. The molecular weight excluding hydrogens is 342 g/mol. The molecule has 1 aromatic carbocycles. The van der Waals surface area contributed by atoms with Crippen molar-refractivity contribution in [2.24, 2.45) is 0 Å². The lowest BCUT2D eigenvalue weighted by Crippen LogP contribution is -2.47. The van der Waals surface area contributed by atoms with Crippen LogP contribution in [0.25, 0.3) is 0 Å². The summed E-state index contributed by atoms with van der Waals surface area (Å²) in [4.78, 5) is 14.5. The van der Waals surface area contributed by atoms with Crippen LogP contribution in [0.2, 0.25) is 0 Å². The van der Waals surface area contributed by atoms with Gasteiger partial charge in [-0.2, -0.15) is 0 Å². The third-order valence-corrected chi connectivity index (χ3v) is 5.65. The Morgan fingerprint density at radius 3 is 2.36 bits per heavy atom. The molecule has 0 aromatic heterocycles. The van der Waals surface area contributed by atoms with E-state index in [4.69, 9.17) is 4.74 Å². The van der Waals surface area contributed by atoms with Crippen LogP contribution in [0.3, 0.4) is 0 Å². The van der Waals surface area contributed by atoms with Crippen LogP contribution < -0.4 is 14.4 Å². The molecule has 1 aliphatic rings. The van der Waals surface area contributed by atoms with Gasteiger partial charge in [0, 0.05) is 13.1 Å². The second-order valence-electron chi connectivity index (χ2n) is 6.57. The van der Waals surface area contributed by atoms with Crippen molar-refractivity contribution >= 4 is 21.6 Å². The number of ether oxygens (including phenoxy) is 1. The van der Waals surface area contributed by atoms with Crippen LogP contribution >= 0.6 is 0 Å². The summed E-state index contributed by atoms with van der Waals surface area (Å²) >= 11 is 0. The van der Waals surface area contributed by atoms with Crippen molar-refractivity contribution in [3.05, 3.63) is 24.3 Å². The van der Waals surface area contributed by atoms with Crippen molar-refractivity contribution < 1.29 is 17.9 Å². The fourth-order valence-electron chi connectivity index (χ4n) is 2.66. The van der Waals surface area contributed by atoms with Crippen molar-refractivity contribution in [3.63, 3.8) is 0 Å². The number of benzene rings is 1. The van der Waals surface area contributed by atoms with E-state index in [0.29, 0.717) is 11.4 Å². The molecule has 0 spiro atoms. The molecule has 1 atom stereocenters. The van der Waals surface area contributed by atoms with Gasteiger partial charge < -0.3 is 15.0 Å². The average molecular weight is 369 g/mol. The monoisotopic (exact) mass is 369 g/mol. The fourth-order valence-corrected chi connectivity index (χ4v) is 3.16. The number of piperidine rings is 1. The highest BCUT2D eigenvalue weighted by Crippen LogP contribution is 2.21. The number of amides is 1. The van der Waals surface area contributed by atoms with Crippen molar-refractivity contribution in [1.82, 2.24) is 10.2 Å². The van der Waals surface area contributed by atoms with Crippen molar-refractivity contribution in [1.29, 1.82) is 0 Å². The van der Waals surface area contributed by atoms with Crippen LogP contribution in [-0.2, 0) is 14.8 Å². The van der Waals surface area contributed by atoms with Gasteiger partial charge in [0.05, 0.1) is 11.9 Å². The lowest BCUT2D eigenvalue weighted by atomic mass is 10.1. The molecule has 1 N–H and O–H groups in total.